The summed E-state index contributed by atoms with van der Waals surface area (Å²) in [5.41, 5.74) is 0. The van der Waals surface area contributed by atoms with Gasteiger partial charge in [0.25, 0.3) is 0 Å². The van der Waals surface area contributed by atoms with E-state index < -0.39 is 5.97 Å². The lowest BCUT2D eigenvalue weighted by molar-refractivity contribution is -0.137. The maximum atomic E-state index is 10.2. The van der Waals surface area contributed by atoms with Gasteiger partial charge in [-0.15, -0.1) is 0 Å². The molecule has 0 saturated carbocycles. The Morgan fingerprint density at radius 1 is 0.810 bits per heavy atom. The molecule has 0 bridgehead atoms. The van der Waals surface area contributed by atoms with E-state index in [1.807, 2.05) is 7.05 Å². The van der Waals surface area contributed by atoms with Crippen LogP contribution in [0, 0.1) is 0 Å². The third kappa shape index (κ3) is 45.6. The normalized spacial score (nSPS) is 13.5. The van der Waals surface area contributed by atoms with Crippen molar-refractivity contribution in [1.82, 2.24) is 5.32 Å². The zero-order chi connectivity index (χ0) is 31.9. The molecule has 0 aromatic heterocycles. The number of ether oxygens (including phenoxy) is 2. The Labute approximate surface area is 262 Å². The molecule has 1 atom stereocenters. The highest BCUT2D eigenvalue weighted by molar-refractivity contribution is 5.66. The lowest BCUT2D eigenvalue weighted by Gasteiger charge is -2.13. The zero-order valence-corrected chi connectivity index (χ0v) is 28.8. The van der Waals surface area contributed by atoms with Crippen molar-refractivity contribution in [3.8, 4) is 0 Å². The molecular formula is C36H73NO5. The predicted octanol–water partition coefficient (Wildman–Crippen LogP) is 10.4. The Balaban J connectivity index is -0.000000577. The van der Waals surface area contributed by atoms with E-state index in [-0.39, 0.29) is 6.10 Å². The number of unbranched alkanes of at least 4 members (excludes halogenated alkanes) is 16. The summed E-state index contributed by atoms with van der Waals surface area (Å²) in [7, 11) is 1.82. The number of carboxylic acids is 1. The van der Waals surface area contributed by atoms with Crippen molar-refractivity contribution in [1.29, 1.82) is 0 Å². The van der Waals surface area contributed by atoms with E-state index in [4.69, 9.17) is 14.6 Å². The van der Waals surface area contributed by atoms with Crippen LogP contribution in [0.4, 0.5) is 0 Å². The molecule has 6 nitrogen and oxygen atoms in total. The second kappa shape index (κ2) is 41.7. The third-order valence-corrected chi connectivity index (χ3v) is 6.79. The molecule has 0 aromatic rings. The molecule has 0 amide bonds. The van der Waals surface area contributed by atoms with Crippen molar-refractivity contribution in [3.63, 3.8) is 0 Å². The first-order valence-electron chi connectivity index (χ1n) is 17.6. The number of hydrogen-bond donors (Lipinski definition) is 2. The summed E-state index contributed by atoms with van der Waals surface area (Å²) < 4.78 is 11.1. The Morgan fingerprint density at radius 2 is 1.24 bits per heavy atom. The van der Waals surface area contributed by atoms with Gasteiger partial charge in [-0.05, 0) is 19.9 Å². The molecule has 1 aliphatic rings. The van der Waals surface area contributed by atoms with Crippen molar-refractivity contribution in [3.05, 3.63) is 12.3 Å². The highest BCUT2D eigenvalue weighted by Gasteiger charge is 2.17. The second-order valence-corrected chi connectivity index (χ2v) is 11.5. The van der Waals surface area contributed by atoms with Gasteiger partial charge < -0.3 is 24.7 Å². The number of rotatable bonds is 25. The van der Waals surface area contributed by atoms with Crippen molar-refractivity contribution >= 4 is 12.3 Å². The van der Waals surface area contributed by atoms with E-state index >= 15 is 0 Å². The standard InChI is InChI=1S/C17H32O2.C12H24O2.C4H9NO.C3H8/c1-3-4-5-6-7-8-9-10-11-12-16(2)19-17-13-14-18-15-17;1-2-3-4-5-6-7-8-9-10-11-12(13)14;1-5-3-2-4-6;1-3-2/h17H,2-15H2,1H3;2-11H2,1H3,(H,13,14);4-5H,2-3H2,1H3;3H2,1-2H3/t17-;;;/m1.../s1. The minimum atomic E-state index is -0.659. The second-order valence-electron chi connectivity index (χ2n) is 11.5. The Morgan fingerprint density at radius 3 is 1.57 bits per heavy atom. The first kappa shape index (κ1) is 45.0. The summed E-state index contributed by atoms with van der Waals surface area (Å²) >= 11 is 0. The number of carbonyl (C=O) groups excluding carboxylic acids is 1. The van der Waals surface area contributed by atoms with Crippen LogP contribution in [-0.4, -0.2) is 50.3 Å². The van der Waals surface area contributed by atoms with Gasteiger partial charge in [0.1, 0.15) is 12.4 Å². The molecule has 0 radical (unpaired) electrons. The van der Waals surface area contributed by atoms with Gasteiger partial charge in [-0.1, -0.05) is 143 Å². The lowest BCUT2D eigenvalue weighted by atomic mass is 10.1. The molecule has 1 aliphatic heterocycles. The molecule has 1 fully saturated rings. The van der Waals surface area contributed by atoms with Crippen LogP contribution in [0.1, 0.15) is 175 Å². The van der Waals surface area contributed by atoms with Gasteiger partial charge in [0.05, 0.1) is 19.0 Å². The van der Waals surface area contributed by atoms with E-state index in [0.717, 1.165) is 57.5 Å². The maximum absolute atomic E-state index is 10.2. The molecule has 1 saturated heterocycles. The smallest absolute Gasteiger partial charge is 0.303 e. The topological polar surface area (TPSA) is 84.9 Å². The Kier molecular flexibility index (Phi) is 44.7. The highest BCUT2D eigenvalue weighted by atomic mass is 16.5. The van der Waals surface area contributed by atoms with Crippen molar-refractivity contribution in [2.45, 2.75) is 181 Å². The highest BCUT2D eigenvalue weighted by Crippen LogP contribution is 2.17. The maximum Gasteiger partial charge on any atom is 0.303 e. The van der Waals surface area contributed by atoms with Crippen LogP contribution in [0.3, 0.4) is 0 Å². The van der Waals surface area contributed by atoms with Gasteiger partial charge in [-0.2, -0.15) is 0 Å². The lowest BCUT2D eigenvalue weighted by Crippen LogP contribution is -2.11. The molecule has 2 N–H and O–H groups in total. The van der Waals surface area contributed by atoms with Gasteiger partial charge in [0.2, 0.25) is 0 Å². The van der Waals surface area contributed by atoms with Crippen LogP contribution in [0.5, 0.6) is 0 Å². The molecule has 0 spiro atoms. The molecule has 1 rings (SSSR count). The van der Waals surface area contributed by atoms with Gasteiger partial charge >= 0.3 is 5.97 Å². The number of nitrogens with one attached hydrogen (secondary N) is 1. The third-order valence-electron chi connectivity index (χ3n) is 6.79. The molecule has 6 heteroatoms. The quantitative estimate of drug-likeness (QED) is 0.0617. The van der Waals surface area contributed by atoms with Gasteiger partial charge in [0, 0.05) is 32.2 Å². The molecule has 252 valence electrons. The average Bonchev–Trinajstić information content (AvgIpc) is 3.48. The molecule has 0 aromatic carbocycles. The first-order valence-corrected chi connectivity index (χ1v) is 17.6. The summed E-state index contributed by atoms with van der Waals surface area (Å²) in [5.74, 6) is 0.298. The monoisotopic (exact) mass is 600 g/mol. The van der Waals surface area contributed by atoms with Crippen LogP contribution >= 0.6 is 0 Å². The van der Waals surface area contributed by atoms with Crippen LogP contribution in [0.15, 0.2) is 12.3 Å². The van der Waals surface area contributed by atoms with Gasteiger partial charge in [0.15, 0.2) is 0 Å². The zero-order valence-electron chi connectivity index (χ0n) is 28.8. The van der Waals surface area contributed by atoms with Crippen LogP contribution in [0.2, 0.25) is 0 Å². The molecule has 0 aliphatic carbocycles. The van der Waals surface area contributed by atoms with Gasteiger partial charge in [-0.25, -0.2) is 0 Å². The Bertz CT molecular complexity index is 535. The van der Waals surface area contributed by atoms with Crippen LogP contribution in [-0.2, 0) is 19.1 Å². The summed E-state index contributed by atoms with van der Waals surface area (Å²) in [4.78, 5) is 19.7. The number of hydrogen-bond acceptors (Lipinski definition) is 5. The van der Waals surface area contributed by atoms with Crippen LogP contribution in [0.25, 0.3) is 0 Å². The predicted molar refractivity (Wildman–Crippen MR) is 181 cm³/mol. The van der Waals surface area contributed by atoms with Gasteiger partial charge in [-0.3, -0.25) is 4.79 Å². The Hall–Kier alpha value is -1.40. The number of allylic oxidation sites excluding steroid dienone is 1. The number of carboxylic acid groups (broad SMARTS) is 1. The summed E-state index contributed by atoms with van der Waals surface area (Å²) in [6, 6.07) is 0. The van der Waals surface area contributed by atoms with E-state index in [1.165, 1.54) is 109 Å². The summed E-state index contributed by atoms with van der Waals surface area (Å²) in [6.45, 7) is 15.1. The van der Waals surface area contributed by atoms with Crippen molar-refractivity contribution < 1.29 is 24.2 Å². The largest absolute Gasteiger partial charge is 0.493 e. The minimum absolute atomic E-state index is 0.270. The fourth-order valence-corrected chi connectivity index (χ4v) is 4.32. The summed E-state index contributed by atoms with van der Waals surface area (Å²) in [6.07, 6.45) is 28.9. The fourth-order valence-electron chi connectivity index (χ4n) is 4.32. The average molecular weight is 600 g/mol. The number of carbonyl (C=O) groups is 2. The first-order chi connectivity index (χ1) is 20.4. The van der Waals surface area contributed by atoms with E-state index in [0.29, 0.717) is 12.8 Å². The molecular weight excluding hydrogens is 526 g/mol. The van der Waals surface area contributed by atoms with Crippen molar-refractivity contribution in [2.75, 3.05) is 26.8 Å². The van der Waals surface area contributed by atoms with Crippen molar-refractivity contribution in [2.24, 2.45) is 0 Å². The van der Waals surface area contributed by atoms with E-state index in [2.05, 4.69) is 39.6 Å². The number of aldehydes is 1. The minimum Gasteiger partial charge on any atom is -0.493 e. The van der Waals surface area contributed by atoms with E-state index in [1.54, 1.807) is 0 Å². The SMILES string of the molecule is C=C(CCCCCCCCCCC)O[C@@H]1CCOC1.CCC.CCCCCCCCCCCC(=O)O.CNCCC=O. The molecule has 42 heavy (non-hydrogen) atoms. The molecule has 0 unspecified atom stereocenters. The number of aliphatic carboxylic acids is 1. The fraction of sp³-hybridized carbons (Fsp3) is 0.889. The molecule has 1 heterocycles. The van der Waals surface area contributed by atoms with E-state index in [9.17, 15) is 9.59 Å². The summed E-state index contributed by atoms with van der Waals surface area (Å²) in [5, 5.41) is 11.3. The van der Waals surface area contributed by atoms with Crippen LogP contribution < -0.4 is 5.32 Å².